The van der Waals surface area contributed by atoms with Gasteiger partial charge < -0.3 is 0 Å². The molecule has 0 aliphatic heterocycles. The van der Waals surface area contributed by atoms with E-state index in [0.29, 0.717) is 0 Å². The van der Waals surface area contributed by atoms with Gasteiger partial charge in [-0.3, -0.25) is 0 Å². The van der Waals surface area contributed by atoms with Crippen LogP contribution in [-0.4, -0.2) is 0 Å². The summed E-state index contributed by atoms with van der Waals surface area (Å²) in [5.41, 5.74) is 0. The molecule has 0 rings (SSSR count). The van der Waals surface area contributed by atoms with Gasteiger partial charge in [-0.05, 0) is 0 Å². The van der Waals surface area contributed by atoms with Crippen molar-refractivity contribution in [2.45, 2.75) is 117 Å². The van der Waals surface area contributed by atoms with Gasteiger partial charge in [0.05, 0.1) is 0 Å². The normalized spacial score (nSPS) is 10.1. The van der Waals surface area contributed by atoms with Crippen LogP contribution in [0.25, 0.3) is 0 Å². The van der Waals surface area contributed by atoms with Gasteiger partial charge in [-0.15, -0.1) is 13.2 Å². The first-order valence-corrected chi connectivity index (χ1v) is 9.41. The van der Waals surface area contributed by atoms with E-state index in [0.717, 1.165) is 0 Å². The number of unbranched alkanes of at least 4 members (excludes halogenated alkanes) is 15. The van der Waals surface area contributed by atoms with Crippen molar-refractivity contribution in [3.63, 3.8) is 0 Å². The van der Waals surface area contributed by atoms with Gasteiger partial charge in [0.15, 0.2) is 0 Å². The maximum atomic E-state index is 3.00. The second kappa shape index (κ2) is 23.8. The third kappa shape index (κ3) is 22.9. The molecule has 0 aromatic heterocycles. The van der Waals surface area contributed by atoms with Gasteiger partial charge in [-0.25, -0.2) is 0 Å². The average molecular weight is 283 g/mol. The highest BCUT2D eigenvalue weighted by molar-refractivity contribution is 4.49. The molecule has 0 unspecified atom stereocenters. The van der Waals surface area contributed by atoms with Crippen LogP contribution in [0.2, 0.25) is 0 Å². The predicted molar refractivity (Wildman–Crippen MR) is 96.5 cm³/mol. The van der Waals surface area contributed by atoms with Crippen LogP contribution in [0.1, 0.15) is 117 Å². The van der Waals surface area contributed by atoms with Gasteiger partial charge in [0, 0.05) is 0 Å². The van der Waals surface area contributed by atoms with E-state index >= 15 is 0 Å². The van der Waals surface area contributed by atoms with E-state index < -0.39 is 0 Å². The van der Waals surface area contributed by atoms with Crippen LogP contribution in [0.4, 0.5) is 0 Å². The SMILES string of the molecule is C=C.CCCCCCCCCCCCCCCCCC. The Balaban J connectivity index is 0. The number of hydrogen-bond donors (Lipinski definition) is 0. The fourth-order valence-electron chi connectivity index (χ4n) is 2.62. The van der Waals surface area contributed by atoms with Gasteiger partial charge in [-0.2, -0.15) is 0 Å². The van der Waals surface area contributed by atoms with Gasteiger partial charge in [-0.1, -0.05) is 117 Å². The van der Waals surface area contributed by atoms with Gasteiger partial charge in [0.25, 0.3) is 0 Å². The Kier molecular flexibility index (Phi) is 26.2. The molecule has 0 amide bonds. The van der Waals surface area contributed by atoms with Crippen LogP contribution >= 0.6 is 0 Å². The first kappa shape index (κ1) is 22.0. The van der Waals surface area contributed by atoms with Gasteiger partial charge >= 0.3 is 0 Å². The molecular weight excluding hydrogens is 240 g/mol. The highest BCUT2D eigenvalue weighted by atomic mass is 14.0. The van der Waals surface area contributed by atoms with Crippen LogP contribution in [0.15, 0.2) is 13.2 Å². The molecule has 0 nitrogen and oxygen atoms in total. The molecule has 0 fully saturated rings. The van der Waals surface area contributed by atoms with Crippen LogP contribution in [0.5, 0.6) is 0 Å². The first-order chi connectivity index (χ1) is 9.91. The maximum absolute atomic E-state index is 3.00. The molecule has 0 aliphatic carbocycles. The molecule has 0 N–H and O–H groups in total. The Labute approximate surface area is 130 Å². The molecular formula is C20H42. The lowest BCUT2D eigenvalue weighted by atomic mass is 10.0. The summed E-state index contributed by atoms with van der Waals surface area (Å²) in [5.74, 6) is 0. The summed E-state index contributed by atoms with van der Waals surface area (Å²) in [6.45, 7) is 10.6. The molecule has 0 aromatic rings. The van der Waals surface area contributed by atoms with Crippen molar-refractivity contribution in [2.24, 2.45) is 0 Å². The summed E-state index contributed by atoms with van der Waals surface area (Å²) in [4.78, 5) is 0. The van der Waals surface area contributed by atoms with Crippen LogP contribution < -0.4 is 0 Å². The zero-order valence-corrected chi connectivity index (χ0v) is 14.7. The minimum atomic E-state index is 1.37. The first-order valence-electron chi connectivity index (χ1n) is 9.41. The Hall–Kier alpha value is -0.260. The summed E-state index contributed by atoms with van der Waals surface area (Å²) in [6.07, 6.45) is 23.4. The maximum Gasteiger partial charge on any atom is -0.0533 e. The lowest BCUT2D eigenvalue weighted by Crippen LogP contribution is -1.83. The quantitative estimate of drug-likeness (QED) is 0.210. The fourth-order valence-corrected chi connectivity index (χ4v) is 2.62. The predicted octanol–water partition coefficient (Wildman–Crippen LogP) is 8.07. The highest BCUT2D eigenvalue weighted by Crippen LogP contribution is 2.13. The molecule has 0 saturated heterocycles. The molecule has 0 bridgehead atoms. The zero-order valence-electron chi connectivity index (χ0n) is 14.7. The molecule has 0 aromatic carbocycles. The van der Waals surface area contributed by atoms with E-state index in [1.54, 1.807) is 0 Å². The van der Waals surface area contributed by atoms with Crippen molar-refractivity contribution in [2.75, 3.05) is 0 Å². The minimum Gasteiger partial charge on any atom is -0.106 e. The zero-order chi connectivity index (χ0) is 15.3. The molecule has 122 valence electrons. The van der Waals surface area contributed by atoms with Gasteiger partial charge in [0.1, 0.15) is 0 Å². The molecule has 0 saturated carbocycles. The monoisotopic (exact) mass is 282 g/mol. The fraction of sp³-hybridized carbons (Fsp3) is 0.900. The molecule has 20 heavy (non-hydrogen) atoms. The van der Waals surface area contributed by atoms with E-state index in [1.807, 2.05) is 0 Å². The van der Waals surface area contributed by atoms with Crippen LogP contribution in [-0.2, 0) is 0 Å². The van der Waals surface area contributed by atoms with Crippen molar-refractivity contribution in [1.29, 1.82) is 0 Å². The second-order valence-corrected chi connectivity index (χ2v) is 5.95. The molecule has 0 radical (unpaired) electrons. The van der Waals surface area contributed by atoms with Crippen molar-refractivity contribution in [1.82, 2.24) is 0 Å². The smallest absolute Gasteiger partial charge is 0.0533 e. The Bertz CT molecular complexity index is 123. The van der Waals surface area contributed by atoms with Crippen LogP contribution in [0, 0.1) is 0 Å². The highest BCUT2D eigenvalue weighted by Gasteiger charge is 1.93. The number of hydrogen-bond acceptors (Lipinski definition) is 0. The molecule has 0 heterocycles. The minimum absolute atomic E-state index is 1.37. The van der Waals surface area contributed by atoms with Crippen LogP contribution in [0.3, 0.4) is 0 Å². The molecule has 0 heteroatoms. The third-order valence-corrected chi connectivity index (χ3v) is 3.96. The summed E-state index contributed by atoms with van der Waals surface area (Å²) in [6, 6.07) is 0. The van der Waals surface area contributed by atoms with Crippen molar-refractivity contribution in [3.05, 3.63) is 13.2 Å². The Morgan fingerprint density at radius 3 is 0.650 bits per heavy atom. The van der Waals surface area contributed by atoms with E-state index in [9.17, 15) is 0 Å². The molecule has 0 aliphatic rings. The van der Waals surface area contributed by atoms with Crippen molar-refractivity contribution in [3.8, 4) is 0 Å². The largest absolute Gasteiger partial charge is 0.106 e. The second-order valence-electron chi connectivity index (χ2n) is 5.95. The molecule has 0 atom stereocenters. The topological polar surface area (TPSA) is 0 Å². The van der Waals surface area contributed by atoms with Crippen molar-refractivity contribution < 1.29 is 0 Å². The summed E-state index contributed by atoms with van der Waals surface area (Å²) in [5, 5.41) is 0. The number of rotatable bonds is 15. The lowest BCUT2D eigenvalue weighted by molar-refractivity contribution is 0.531. The molecule has 0 spiro atoms. The third-order valence-electron chi connectivity index (χ3n) is 3.96. The Morgan fingerprint density at radius 2 is 0.500 bits per heavy atom. The average Bonchev–Trinajstić information content (AvgIpc) is 2.50. The van der Waals surface area contributed by atoms with Gasteiger partial charge in [0.2, 0.25) is 0 Å². The summed E-state index contributed by atoms with van der Waals surface area (Å²) in [7, 11) is 0. The summed E-state index contributed by atoms with van der Waals surface area (Å²) < 4.78 is 0. The lowest BCUT2D eigenvalue weighted by Gasteiger charge is -2.03. The van der Waals surface area contributed by atoms with E-state index in [2.05, 4.69) is 27.0 Å². The Morgan fingerprint density at radius 1 is 0.350 bits per heavy atom. The van der Waals surface area contributed by atoms with Crippen molar-refractivity contribution >= 4 is 0 Å². The summed E-state index contributed by atoms with van der Waals surface area (Å²) >= 11 is 0. The van der Waals surface area contributed by atoms with E-state index in [4.69, 9.17) is 0 Å². The van der Waals surface area contributed by atoms with E-state index in [1.165, 1.54) is 103 Å². The standard InChI is InChI=1S/C18H38.C2H4/c1-3-5-7-9-11-13-15-17-18-16-14-12-10-8-6-4-2;1-2/h3-18H2,1-2H3;1-2H2. The van der Waals surface area contributed by atoms with E-state index in [-0.39, 0.29) is 0 Å².